The Morgan fingerprint density at radius 3 is 2.57 bits per heavy atom. The highest BCUT2D eigenvalue weighted by molar-refractivity contribution is 5.80. The van der Waals surface area contributed by atoms with Crippen LogP contribution < -0.4 is 21.9 Å². The molecular formula is C17H20N6. The predicted molar refractivity (Wildman–Crippen MR) is 94.4 cm³/mol. The fraction of sp³-hybridized carbons (Fsp3) is 0.118. The Morgan fingerprint density at radius 2 is 1.83 bits per heavy atom. The summed E-state index contributed by atoms with van der Waals surface area (Å²) in [5.74, 6) is 5.34. The Kier molecular flexibility index (Phi) is 4.88. The van der Waals surface area contributed by atoms with Gasteiger partial charge in [0.25, 0.3) is 0 Å². The van der Waals surface area contributed by atoms with Crippen molar-refractivity contribution in [1.82, 2.24) is 15.6 Å². The summed E-state index contributed by atoms with van der Waals surface area (Å²) in [5, 5.41) is 13.8. The highest BCUT2D eigenvalue weighted by Crippen LogP contribution is 2.30. The Morgan fingerprint density at radius 1 is 0.957 bits per heavy atom. The number of benzene rings is 2. The highest BCUT2D eigenvalue weighted by atomic mass is 15.2. The minimum atomic E-state index is 0.679. The second-order valence-corrected chi connectivity index (χ2v) is 5.10. The van der Waals surface area contributed by atoms with Crippen molar-refractivity contribution >= 4 is 17.1 Å². The average molecular weight is 308 g/mol. The van der Waals surface area contributed by atoms with Crippen molar-refractivity contribution in [2.75, 3.05) is 23.7 Å². The number of aromatic nitrogens is 2. The first-order valence-corrected chi connectivity index (χ1v) is 7.50. The fourth-order valence-corrected chi connectivity index (χ4v) is 2.37. The first kappa shape index (κ1) is 15.1. The van der Waals surface area contributed by atoms with Gasteiger partial charge in [-0.1, -0.05) is 18.2 Å². The van der Waals surface area contributed by atoms with Crippen molar-refractivity contribution in [2.24, 2.45) is 5.84 Å². The smallest absolute Gasteiger partial charge is 0.0670 e. The summed E-state index contributed by atoms with van der Waals surface area (Å²) in [6.45, 7) is 1.41. The van der Waals surface area contributed by atoms with Crippen LogP contribution in [-0.4, -0.2) is 23.3 Å². The Labute approximate surface area is 135 Å². The Bertz CT molecular complexity index is 724. The molecule has 0 spiro atoms. The van der Waals surface area contributed by atoms with Crippen molar-refractivity contribution in [3.8, 4) is 11.3 Å². The maximum atomic E-state index is 5.34. The molecule has 0 aliphatic heterocycles. The van der Waals surface area contributed by atoms with Crippen LogP contribution in [-0.2, 0) is 0 Å². The van der Waals surface area contributed by atoms with E-state index in [-0.39, 0.29) is 0 Å². The number of rotatable bonds is 7. The summed E-state index contributed by atoms with van der Waals surface area (Å²) >= 11 is 0. The molecule has 0 radical (unpaired) electrons. The van der Waals surface area contributed by atoms with Gasteiger partial charge in [-0.2, -0.15) is 5.10 Å². The maximum absolute atomic E-state index is 5.34. The van der Waals surface area contributed by atoms with Gasteiger partial charge in [-0.25, -0.2) is 0 Å². The molecule has 1 aromatic heterocycles. The van der Waals surface area contributed by atoms with Crippen LogP contribution in [0.25, 0.3) is 11.3 Å². The van der Waals surface area contributed by atoms with Gasteiger partial charge in [0.2, 0.25) is 0 Å². The van der Waals surface area contributed by atoms with E-state index < -0.39 is 0 Å². The van der Waals surface area contributed by atoms with Crippen molar-refractivity contribution in [3.05, 3.63) is 60.8 Å². The molecule has 0 amide bonds. The molecule has 3 rings (SSSR count). The lowest BCUT2D eigenvalue weighted by Crippen LogP contribution is -2.28. The van der Waals surface area contributed by atoms with Crippen molar-refractivity contribution < 1.29 is 0 Å². The molecule has 1 heterocycles. The van der Waals surface area contributed by atoms with Crippen molar-refractivity contribution in [2.45, 2.75) is 0 Å². The Hall–Kier alpha value is -2.83. The van der Waals surface area contributed by atoms with Gasteiger partial charge < -0.3 is 10.6 Å². The van der Waals surface area contributed by atoms with E-state index in [9.17, 15) is 0 Å². The fourth-order valence-electron chi connectivity index (χ4n) is 2.37. The number of para-hydroxylation sites is 1. The number of H-pyrrole nitrogens is 1. The molecule has 0 saturated carbocycles. The number of hydrazine groups is 1. The first-order chi connectivity index (χ1) is 11.4. The minimum absolute atomic E-state index is 0.679. The third-order valence-electron chi connectivity index (χ3n) is 3.46. The number of nitrogens with zero attached hydrogens (tertiary/aromatic N) is 1. The number of anilines is 3. The van der Waals surface area contributed by atoms with E-state index in [1.807, 2.05) is 36.4 Å². The molecule has 0 aliphatic carbocycles. The van der Waals surface area contributed by atoms with E-state index in [0.717, 1.165) is 34.9 Å². The van der Waals surface area contributed by atoms with Gasteiger partial charge in [0.05, 0.1) is 5.69 Å². The summed E-state index contributed by atoms with van der Waals surface area (Å²) in [7, 11) is 0. The zero-order valence-electron chi connectivity index (χ0n) is 12.7. The van der Waals surface area contributed by atoms with Crippen LogP contribution in [0.4, 0.5) is 17.1 Å². The summed E-state index contributed by atoms with van der Waals surface area (Å²) in [5.41, 5.74) is 7.78. The van der Waals surface area contributed by atoms with Gasteiger partial charge in [0.15, 0.2) is 0 Å². The largest absolute Gasteiger partial charge is 0.383 e. The predicted octanol–water partition coefficient (Wildman–Crippen LogP) is 2.70. The molecular weight excluding hydrogens is 288 g/mol. The molecule has 0 bridgehead atoms. The third-order valence-corrected chi connectivity index (χ3v) is 3.46. The van der Waals surface area contributed by atoms with Gasteiger partial charge in [-0.15, -0.1) is 0 Å². The molecule has 6 heteroatoms. The summed E-state index contributed by atoms with van der Waals surface area (Å²) in [6, 6.07) is 18.2. The quantitative estimate of drug-likeness (QED) is 0.263. The third kappa shape index (κ3) is 3.88. The van der Waals surface area contributed by atoms with Crippen molar-refractivity contribution in [3.63, 3.8) is 0 Å². The molecule has 0 unspecified atom stereocenters. The second-order valence-electron chi connectivity index (χ2n) is 5.10. The van der Waals surface area contributed by atoms with Crippen LogP contribution in [0.5, 0.6) is 0 Å². The molecule has 0 fully saturated rings. The molecule has 6 N–H and O–H groups in total. The lowest BCUT2D eigenvalue weighted by molar-refractivity contribution is 0.753. The van der Waals surface area contributed by atoms with Crippen LogP contribution in [0.1, 0.15) is 0 Å². The number of nitrogens with two attached hydrogens (primary N) is 1. The topological polar surface area (TPSA) is 90.8 Å². The van der Waals surface area contributed by atoms with Crippen LogP contribution >= 0.6 is 0 Å². The highest BCUT2D eigenvalue weighted by Gasteiger charge is 2.07. The van der Waals surface area contributed by atoms with Gasteiger partial charge in [0.1, 0.15) is 0 Å². The molecule has 2 aromatic carbocycles. The SMILES string of the molecule is NNCCNc1cc(Nc2ccccc2)ccc1-c1ccn[nH]1. The van der Waals surface area contributed by atoms with Crippen molar-refractivity contribution in [1.29, 1.82) is 0 Å². The van der Waals surface area contributed by atoms with Crippen LogP contribution in [0.3, 0.4) is 0 Å². The van der Waals surface area contributed by atoms with Crippen LogP contribution in [0.15, 0.2) is 60.8 Å². The van der Waals surface area contributed by atoms with Gasteiger partial charge in [-0.05, 0) is 36.4 Å². The molecule has 0 atom stereocenters. The average Bonchev–Trinajstić information content (AvgIpc) is 3.11. The summed E-state index contributed by atoms with van der Waals surface area (Å²) < 4.78 is 0. The number of hydrogen-bond acceptors (Lipinski definition) is 5. The monoisotopic (exact) mass is 308 g/mol. The number of aromatic amines is 1. The van der Waals surface area contributed by atoms with E-state index in [4.69, 9.17) is 5.84 Å². The van der Waals surface area contributed by atoms with E-state index in [2.05, 4.69) is 44.5 Å². The number of nitrogens with one attached hydrogen (secondary N) is 4. The zero-order valence-corrected chi connectivity index (χ0v) is 12.7. The normalized spacial score (nSPS) is 10.5. The van der Waals surface area contributed by atoms with Gasteiger partial charge in [0, 0.05) is 41.9 Å². The van der Waals surface area contributed by atoms with Crippen LogP contribution in [0, 0.1) is 0 Å². The van der Waals surface area contributed by atoms with E-state index in [0.29, 0.717) is 6.54 Å². The summed E-state index contributed by atoms with van der Waals surface area (Å²) in [4.78, 5) is 0. The van der Waals surface area contributed by atoms with Gasteiger partial charge >= 0.3 is 0 Å². The molecule has 0 aliphatic rings. The van der Waals surface area contributed by atoms with E-state index >= 15 is 0 Å². The summed E-state index contributed by atoms with van der Waals surface area (Å²) in [6.07, 6.45) is 1.75. The molecule has 0 saturated heterocycles. The Balaban J connectivity index is 1.86. The molecule has 3 aromatic rings. The van der Waals surface area contributed by atoms with E-state index in [1.165, 1.54) is 0 Å². The molecule has 6 nitrogen and oxygen atoms in total. The number of hydrogen-bond donors (Lipinski definition) is 5. The standard InChI is InChI=1S/C17H20N6/c18-20-11-10-19-17-12-14(22-13-4-2-1-3-5-13)6-7-15(17)16-8-9-21-23-16/h1-9,12,19-20,22H,10-11,18H2,(H,21,23). The molecule has 23 heavy (non-hydrogen) atoms. The van der Waals surface area contributed by atoms with Crippen LogP contribution in [0.2, 0.25) is 0 Å². The zero-order chi connectivity index (χ0) is 15.9. The van der Waals surface area contributed by atoms with E-state index in [1.54, 1.807) is 6.20 Å². The molecule has 118 valence electrons. The first-order valence-electron chi connectivity index (χ1n) is 7.50. The second kappa shape index (κ2) is 7.44. The minimum Gasteiger partial charge on any atom is -0.383 e. The maximum Gasteiger partial charge on any atom is 0.0670 e. The lowest BCUT2D eigenvalue weighted by Gasteiger charge is -2.14. The van der Waals surface area contributed by atoms with Gasteiger partial charge in [-0.3, -0.25) is 16.4 Å². The lowest BCUT2D eigenvalue weighted by atomic mass is 10.1.